The van der Waals surface area contributed by atoms with E-state index in [1.165, 1.54) is 6.42 Å². The molecule has 0 aliphatic rings. The summed E-state index contributed by atoms with van der Waals surface area (Å²) >= 11 is 0. The second-order valence-corrected chi connectivity index (χ2v) is 6.04. The van der Waals surface area contributed by atoms with E-state index in [2.05, 4.69) is 47.4 Å². The van der Waals surface area contributed by atoms with E-state index in [4.69, 9.17) is 0 Å². The van der Waals surface area contributed by atoms with Gasteiger partial charge in [-0.3, -0.25) is 0 Å². The Morgan fingerprint density at radius 3 is 2.65 bits per heavy atom. The largest absolute Gasteiger partial charge is 0.362 e. The Balaban J connectivity index is 0.00000484. The first-order valence-corrected chi connectivity index (χ1v) is 8.18. The van der Waals surface area contributed by atoms with E-state index in [-0.39, 0.29) is 24.0 Å². The maximum Gasteiger partial charge on any atom is 0.191 e. The van der Waals surface area contributed by atoms with Crippen molar-refractivity contribution in [3.05, 3.63) is 23.9 Å². The lowest BCUT2D eigenvalue weighted by Crippen LogP contribution is -2.37. The Bertz CT molecular complexity index is 460. The molecule has 0 radical (unpaired) electrons. The van der Waals surface area contributed by atoms with Crippen LogP contribution in [-0.2, 0) is 6.54 Å². The molecule has 0 saturated heterocycles. The minimum atomic E-state index is 0. The number of nitrogens with one attached hydrogen (secondary N) is 2. The summed E-state index contributed by atoms with van der Waals surface area (Å²) in [6.07, 6.45) is 4.22. The summed E-state index contributed by atoms with van der Waals surface area (Å²) in [4.78, 5) is 11.1. The number of aliphatic imine (C=N–C) groups is 1. The van der Waals surface area contributed by atoms with Crippen LogP contribution in [0.25, 0.3) is 0 Å². The van der Waals surface area contributed by atoms with Gasteiger partial charge in [-0.05, 0) is 31.7 Å². The molecule has 132 valence electrons. The van der Waals surface area contributed by atoms with E-state index in [1.807, 2.05) is 31.3 Å². The molecule has 1 heterocycles. The molecule has 0 saturated carbocycles. The molecule has 6 heteroatoms. The third-order valence-corrected chi connectivity index (χ3v) is 3.29. The zero-order valence-corrected chi connectivity index (χ0v) is 17.4. The van der Waals surface area contributed by atoms with E-state index >= 15 is 0 Å². The second-order valence-electron chi connectivity index (χ2n) is 6.04. The van der Waals surface area contributed by atoms with Crippen LogP contribution in [0.3, 0.4) is 0 Å². The number of nitrogens with zero attached hydrogens (tertiary/aromatic N) is 3. The number of halogens is 1. The zero-order chi connectivity index (χ0) is 16.4. The van der Waals surface area contributed by atoms with Crippen molar-refractivity contribution in [1.82, 2.24) is 15.6 Å². The second kappa shape index (κ2) is 12.4. The molecule has 1 rings (SSSR count). The van der Waals surface area contributed by atoms with E-state index in [0.29, 0.717) is 6.54 Å². The maximum atomic E-state index is 4.67. The molecule has 0 atom stereocenters. The molecule has 0 amide bonds. The van der Waals surface area contributed by atoms with Crippen molar-refractivity contribution in [2.75, 3.05) is 32.1 Å². The maximum absolute atomic E-state index is 4.67. The van der Waals surface area contributed by atoms with Gasteiger partial charge in [0.2, 0.25) is 0 Å². The number of aromatic nitrogens is 1. The minimum absolute atomic E-state index is 0. The number of hydrogen-bond acceptors (Lipinski definition) is 3. The fraction of sp³-hybridized carbons (Fsp3) is 0.647. The van der Waals surface area contributed by atoms with Crippen LogP contribution >= 0.6 is 24.0 Å². The molecule has 0 aliphatic carbocycles. The predicted octanol–water partition coefficient (Wildman–Crippen LogP) is 3.26. The number of pyridine rings is 1. The van der Waals surface area contributed by atoms with Gasteiger partial charge >= 0.3 is 0 Å². The van der Waals surface area contributed by atoms with Crippen LogP contribution in [0.5, 0.6) is 0 Å². The number of guanidine groups is 1. The molecular weight excluding hydrogens is 401 g/mol. The third kappa shape index (κ3) is 8.98. The fourth-order valence-corrected chi connectivity index (χ4v) is 2.18. The van der Waals surface area contributed by atoms with E-state index in [0.717, 1.165) is 42.8 Å². The van der Waals surface area contributed by atoms with Crippen molar-refractivity contribution in [3.63, 3.8) is 0 Å². The lowest BCUT2D eigenvalue weighted by molar-refractivity contribution is 0.549. The molecule has 0 aliphatic heterocycles. The van der Waals surface area contributed by atoms with Crippen LogP contribution in [0.4, 0.5) is 5.82 Å². The summed E-state index contributed by atoms with van der Waals surface area (Å²) in [5.41, 5.74) is 1.13. The highest BCUT2D eigenvalue weighted by molar-refractivity contribution is 14.0. The molecule has 1 aromatic heterocycles. The highest BCUT2D eigenvalue weighted by Gasteiger charge is 2.05. The molecule has 5 nitrogen and oxygen atoms in total. The van der Waals surface area contributed by atoms with Crippen molar-refractivity contribution in [3.8, 4) is 0 Å². The smallest absolute Gasteiger partial charge is 0.191 e. The highest BCUT2D eigenvalue weighted by Crippen LogP contribution is 2.15. The highest BCUT2D eigenvalue weighted by atomic mass is 127. The zero-order valence-electron chi connectivity index (χ0n) is 15.1. The van der Waals surface area contributed by atoms with E-state index in [1.54, 1.807) is 0 Å². The van der Waals surface area contributed by atoms with Gasteiger partial charge in [-0.1, -0.05) is 19.9 Å². The van der Waals surface area contributed by atoms with Crippen LogP contribution in [0.1, 0.15) is 39.2 Å². The lowest BCUT2D eigenvalue weighted by atomic mass is 10.1. The quantitative estimate of drug-likeness (QED) is 0.286. The normalized spacial score (nSPS) is 11.1. The van der Waals surface area contributed by atoms with Gasteiger partial charge in [0, 0.05) is 38.9 Å². The van der Waals surface area contributed by atoms with Gasteiger partial charge in [0.1, 0.15) is 5.82 Å². The molecule has 0 bridgehead atoms. The third-order valence-electron chi connectivity index (χ3n) is 3.29. The Kier molecular flexibility index (Phi) is 11.8. The first-order chi connectivity index (χ1) is 10.5. The van der Waals surface area contributed by atoms with Crippen LogP contribution in [0.2, 0.25) is 0 Å². The van der Waals surface area contributed by atoms with Gasteiger partial charge in [-0.2, -0.15) is 0 Å². The van der Waals surface area contributed by atoms with Crippen molar-refractivity contribution >= 4 is 35.8 Å². The molecule has 0 spiro atoms. The van der Waals surface area contributed by atoms with Crippen molar-refractivity contribution in [2.45, 2.75) is 40.2 Å². The van der Waals surface area contributed by atoms with E-state index < -0.39 is 0 Å². The summed E-state index contributed by atoms with van der Waals surface area (Å²) in [5.74, 6) is 2.60. The monoisotopic (exact) mass is 433 g/mol. The molecular formula is C17H32IN5. The van der Waals surface area contributed by atoms with Gasteiger partial charge in [0.15, 0.2) is 5.96 Å². The number of anilines is 1. The van der Waals surface area contributed by atoms with Crippen molar-refractivity contribution in [2.24, 2.45) is 10.9 Å². The molecule has 0 fully saturated rings. The van der Waals surface area contributed by atoms with E-state index in [9.17, 15) is 0 Å². The molecule has 0 unspecified atom stereocenters. The first kappa shape index (κ1) is 21.9. The van der Waals surface area contributed by atoms with Gasteiger partial charge in [0.25, 0.3) is 0 Å². The van der Waals surface area contributed by atoms with Crippen molar-refractivity contribution < 1.29 is 0 Å². The van der Waals surface area contributed by atoms with Gasteiger partial charge in [0.05, 0.1) is 6.54 Å². The summed E-state index contributed by atoms with van der Waals surface area (Å²) in [6.45, 7) is 9.04. The Hall–Kier alpha value is -1.05. The van der Waals surface area contributed by atoms with Crippen LogP contribution in [0.15, 0.2) is 23.3 Å². The van der Waals surface area contributed by atoms with Gasteiger partial charge < -0.3 is 15.5 Å². The summed E-state index contributed by atoms with van der Waals surface area (Å²) in [6, 6.07) is 4.04. The Labute approximate surface area is 158 Å². The standard InChI is InChI=1S/C17H31N5.HI/c1-6-18-17(20-12-7-9-14(2)3)21-13-15-10-8-11-19-16(15)22(4)5;/h8,10-11,14H,6-7,9,12-13H2,1-5H3,(H2,18,20,21);1H. The Morgan fingerprint density at radius 1 is 1.30 bits per heavy atom. The topological polar surface area (TPSA) is 52.6 Å². The predicted molar refractivity (Wildman–Crippen MR) is 111 cm³/mol. The van der Waals surface area contributed by atoms with Crippen LogP contribution in [0, 0.1) is 5.92 Å². The molecule has 2 N–H and O–H groups in total. The number of hydrogen-bond donors (Lipinski definition) is 2. The molecule has 23 heavy (non-hydrogen) atoms. The minimum Gasteiger partial charge on any atom is -0.362 e. The molecule has 0 aromatic carbocycles. The van der Waals surface area contributed by atoms with Gasteiger partial charge in [-0.15, -0.1) is 24.0 Å². The van der Waals surface area contributed by atoms with Gasteiger partial charge in [-0.25, -0.2) is 9.98 Å². The fourth-order valence-electron chi connectivity index (χ4n) is 2.18. The lowest BCUT2D eigenvalue weighted by Gasteiger charge is -2.16. The summed E-state index contributed by atoms with van der Waals surface area (Å²) < 4.78 is 0. The summed E-state index contributed by atoms with van der Waals surface area (Å²) in [5, 5.41) is 6.69. The van der Waals surface area contributed by atoms with Crippen LogP contribution < -0.4 is 15.5 Å². The summed E-state index contributed by atoms with van der Waals surface area (Å²) in [7, 11) is 4.01. The van der Waals surface area contributed by atoms with Crippen molar-refractivity contribution in [1.29, 1.82) is 0 Å². The Morgan fingerprint density at radius 2 is 2.04 bits per heavy atom. The average Bonchev–Trinajstić information content (AvgIpc) is 2.49. The number of rotatable bonds is 8. The average molecular weight is 433 g/mol. The SMILES string of the molecule is CCNC(=NCc1cccnc1N(C)C)NCCCC(C)C.I. The first-order valence-electron chi connectivity index (χ1n) is 8.18. The van der Waals surface area contributed by atoms with Crippen LogP contribution in [-0.4, -0.2) is 38.1 Å². The molecule has 1 aromatic rings.